The molecule has 0 aromatic carbocycles. The molecule has 1 fully saturated rings. The number of amides is 3. The van der Waals surface area contributed by atoms with Crippen molar-refractivity contribution in [3.05, 3.63) is 22.4 Å². The van der Waals surface area contributed by atoms with E-state index in [0.717, 1.165) is 38.6 Å². The van der Waals surface area contributed by atoms with Crippen molar-refractivity contribution in [2.45, 2.75) is 44.6 Å². The zero-order valence-corrected chi connectivity index (χ0v) is 14.9. The van der Waals surface area contributed by atoms with E-state index in [1.807, 2.05) is 11.0 Å². The molecule has 6 heteroatoms. The number of thiophene rings is 1. The first-order valence-electron chi connectivity index (χ1n) is 8.34. The van der Waals surface area contributed by atoms with Crippen molar-refractivity contribution in [2.75, 3.05) is 27.2 Å². The van der Waals surface area contributed by atoms with Crippen LogP contribution in [0, 0.1) is 0 Å². The lowest BCUT2D eigenvalue weighted by atomic mass is 10.1. The Labute approximate surface area is 142 Å². The van der Waals surface area contributed by atoms with E-state index in [4.69, 9.17) is 0 Å². The Morgan fingerprint density at radius 3 is 2.91 bits per heavy atom. The number of urea groups is 1. The molecule has 2 rings (SSSR count). The van der Waals surface area contributed by atoms with Crippen LogP contribution in [-0.4, -0.2) is 55.0 Å². The maximum atomic E-state index is 12.1. The zero-order chi connectivity index (χ0) is 16.7. The zero-order valence-electron chi connectivity index (χ0n) is 14.1. The van der Waals surface area contributed by atoms with Crippen molar-refractivity contribution in [1.29, 1.82) is 0 Å². The van der Waals surface area contributed by atoms with Gasteiger partial charge in [0, 0.05) is 44.5 Å². The molecule has 0 radical (unpaired) electrons. The summed E-state index contributed by atoms with van der Waals surface area (Å²) < 4.78 is 0. The minimum Gasteiger partial charge on any atom is -0.352 e. The number of hydrogen-bond acceptors (Lipinski definition) is 3. The molecule has 0 aliphatic carbocycles. The van der Waals surface area contributed by atoms with Gasteiger partial charge in [0.25, 0.3) is 0 Å². The maximum Gasteiger partial charge on any atom is 0.319 e. The van der Waals surface area contributed by atoms with Crippen LogP contribution >= 0.6 is 11.3 Å². The van der Waals surface area contributed by atoms with E-state index in [2.05, 4.69) is 16.8 Å². The van der Waals surface area contributed by atoms with Gasteiger partial charge < -0.3 is 15.1 Å². The SMILES string of the molecule is CN(C)C(=O)N1CCCCC(NC(=O)CCCc2cccs2)C1. The summed E-state index contributed by atoms with van der Waals surface area (Å²) in [4.78, 5) is 29.0. The Bertz CT molecular complexity index is 502. The molecule has 0 bridgehead atoms. The Hall–Kier alpha value is -1.56. The molecule has 1 aliphatic heterocycles. The van der Waals surface area contributed by atoms with E-state index in [-0.39, 0.29) is 18.0 Å². The summed E-state index contributed by atoms with van der Waals surface area (Å²) in [5.41, 5.74) is 0. The molecule has 3 amide bonds. The quantitative estimate of drug-likeness (QED) is 0.898. The van der Waals surface area contributed by atoms with E-state index in [1.165, 1.54) is 4.88 Å². The number of nitrogens with zero attached hydrogens (tertiary/aromatic N) is 2. The second-order valence-corrected chi connectivity index (χ2v) is 7.35. The fourth-order valence-electron chi connectivity index (χ4n) is 2.89. The van der Waals surface area contributed by atoms with E-state index in [0.29, 0.717) is 13.0 Å². The monoisotopic (exact) mass is 337 g/mol. The maximum absolute atomic E-state index is 12.1. The first-order chi connectivity index (χ1) is 11.1. The van der Waals surface area contributed by atoms with Gasteiger partial charge in [-0.3, -0.25) is 4.79 Å². The van der Waals surface area contributed by atoms with Crippen molar-refractivity contribution in [3.8, 4) is 0 Å². The third-order valence-electron chi connectivity index (χ3n) is 4.10. The molecule has 23 heavy (non-hydrogen) atoms. The summed E-state index contributed by atoms with van der Waals surface area (Å²) >= 11 is 1.74. The average molecular weight is 337 g/mol. The van der Waals surface area contributed by atoms with Crippen molar-refractivity contribution >= 4 is 23.3 Å². The third-order valence-corrected chi connectivity index (χ3v) is 5.03. The molecule has 128 valence electrons. The minimum absolute atomic E-state index is 0.0313. The van der Waals surface area contributed by atoms with Crippen molar-refractivity contribution < 1.29 is 9.59 Å². The lowest BCUT2D eigenvalue weighted by Gasteiger charge is -2.27. The average Bonchev–Trinajstić information content (AvgIpc) is 2.92. The number of nitrogens with one attached hydrogen (secondary N) is 1. The van der Waals surface area contributed by atoms with Crippen molar-refractivity contribution in [3.63, 3.8) is 0 Å². The van der Waals surface area contributed by atoms with Gasteiger partial charge in [0.2, 0.25) is 5.91 Å². The molecule has 1 aromatic rings. The van der Waals surface area contributed by atoms with Crippen LogP contribution in [0.4, 0.5) is 4.79 Å². The summed E-state index contributed by atoms with van der Waals surface area (Å²) in [6.07, 6.45) is 5.39. The van der Waals surface area contributed by atoms with E-state index in [9.17, 15) is 9.59 Å². The number of likely N-dealkylation sites (tertiary alicyclic amines) is 1. The first-order valence-corrected chi connectivity index (χ1v) is 9.22. The smallest absolute Gasteiger partial charge is 0.319 e. The third kappa shape index (κ3) is 5.86. The molecule has 1 unspecified atom stereocenters. The van der Waals surface area contributed by atoms with Gasteiger partial charge in [-0.15, -0.1) is 11.3 Å². The summed E-state index contributed by atoms with van der Waals surface area (Å²) in [5, 5.41) is 5.18. The molecular weight excluding hydrogens is 310 g/mol. The molecule has 2 heterocycles. The lowest BCUT2D eigenvalue weighted by molar-refractivity contribution is -0.122. The lowest BCUT2D eigenvalue weighted by Crippen LogP contribution is -2.47. The van der Waals surface area contributed by atoms with Crippen molar-refractivity contribution in [2.24, 2.45) is 0 Å². The molecule has 1 saturated heterocycles. The first kappa shape index (κ1) is 17.8. The number of rotatable bonds is 5. The highest BCUT2D eigenvalue weighted by Gasteiger charge is 2.23. The van der Waals surface area contributed by atoms with Crippen LogP contribution in [0.25, 0.3) is 0 Å². The molecule has 1 aliphatic rings. The van der Waals surface area contributed by atoms with Gasteiger partial charge in [-0.05, 0) is 43.6 Å². The van der Waals surface area contributed by atoms with E-state index in [1.54, 1.807) is 30.3 Å². The second kappa shape index (κ2) is 8.91. The molecular formula is C17H27N3O2S. The molecule has 0 saturated carbocycles. The van der Waals surface area contributed by atoms with Gasteiger partial charge in [-0.25, -0.2) is 4.79 Å². The highest BCUT2D eigenvalue weighted by molar-refractivity contribution is 7.09. The van der Waals surface area contributed by atoms with Crippen LogP contribution in [0.1, 0.15) is 37.0 Å². The Kier molecular flexibility index (Phi) is 6.89. The fraction of sp³-hybridized carbons (Fsp3) is 0.647. The molecule has 1 N–H and O–H groups in total. The van der Waals surface area contributed by atoms with Gasteiger partial charge in [0.15, 0.2) is 0 Å². The Balaban J connectivity index is 1.75. The predicted molar refractivity (Wildman–Crippen MR) is 93.7 cm³/mol. The van der Waals surface area contributed by atoms with Gasteiger partial charge >= 0.3 is 6.03 Å². The number of carbonyl (C=O) groups excluding carboxylic acids is 2. The number of aryl methyl sites for hydroxylation is 1. The summed E-state index contributed by atoms with van der Waals surface area (Å²) in [6, 6.07) is 4.26. The highest BCUT2D eigenvalue weighted by atomic mass is 32.1. The Morgan fingerprint density at radius 1 is 1.39 bits per heavy atom. The molecule has 1 aromatic heterocycles. The van der Waals surface area contributed by atoms with Crippen LogP contribution in [0.5, 0.6) is 0 Å². The fourth-order valence-corrected chi connectivity index (χ4v) is 3.65. The summed E-state index contributed by atoms with van der Waals surface area (Å²) in [5.74, 6) is 0.103. The predicted octanol–water partition coefficient (Wildman–Crippen LogP) is 2.72. The number of carbonyl (C=O) groups is 2. The Morgan fingerprint density at radius 2 is 2.22 bits per heavy atom. The van der Waals surface area contributed by atoms with Crippen LogP contribution in [0.3, 0.4) is 0 Å². The van der Waals surface area contributed by atoms with E-state index >= 15 is 0 Å². The largest absolute Gasteiger partial charge is 0.352 e. The van der Waals surface area contributed by atoms with Gasteiger partial charge in [0.1, 0.15) is 0 Å². The van der Waals surface area contributed by atoms with E-state index < -0.39 is 0 Å². The molecule has 5 nitrogen and oxygen atoms in total. The van der Waals surface area contributed by atoms with Crippen LogP contribution < -0.4 is 5.32 Å². The molecule has 1 atom stereocenters. The van der Waals surface area contributed by atoms with Crippen LogP contribution in [0.2, 0.25) is 0 Å². The van der Waals surface area contributed by atoms with Crippen LogP contribution in [-0.2, 0) is 11.2 Å². The normalized spacial score (nSPS) is 18.3. The summed E-state index contributed by atoms with van der Waals surface area (Å²) in [7, 11) is 3.54. The second-order valence-electron chi connectivity index (χ2n) is 6.32. The minimum atomic E-state index is 0.0313. The number of hydrogen-bond donors (Lipinski definition) is 1. The molecule has 0 spiro atoms. The van der Waals surface area contributed by atoms with Gasteiger partial charge in [-0.1, -0.05) is 6.07 Å². The summed E-state index contributed by atoms with van der Waals surface area (Å²) in [6.45, 7) is 1.40. The standard InChI is InChI=1S/C17H27N3O2S/c1-19(2)17(22)20-11-4-3-7-14(13-20)18-16(21)10-5-8-15-9-6-12-23-15/h6,9,12,14H,3-5,7-8,10-11,13H2,1-2H3,(H,18,21). The van der Waals surface area contributed by atoms with Crippen LogP contribution in [0.15, 0.2) is 17.5 Å². The highest BCUT2D eigenvalue weighted by Crippen LogP contribution is 2.14. The topological polar surface area (TPSA) is 52.7 Å². The van der Waals surface area contributed by atoms with Gasteiger partial charge in [0.05, 0.1) is 0 Å². The van der Waals surface area contributed by atoms with Crippen molar-refractivity contribution in [1.82, 2.24) is 15.1 Å². The van der Waals surface area contributed by atoms with Gasteiger partial charge in [-0.2, -0.15) is 0 Å².